The highest BCUT2D eigenvalue weighted by atomic mass is 127. The van der Waals surface area contributed by atoms with Gasteiger partial charge in [0.05, 0.1) is 0 Å². The number of rotatable bonds is 1. The second-order valence-corrected chi connectivity index (χ2v) is 3.63. The van der Waals surface area contributed by atoms with Gasteiger partial charge in [-0.3, -0.25) is 0 Å². The summed E-state index contributed by atoms with van der Waals surface area (Å²) in [7, 11) is 0. The fraction of sp³-hybridized carbons (Fsp3) is 0. The Labute approximate surface area is 86.4 Å². The minimum atomic E-state index is -0.461. The van der Waals surface area contributed by atoms with E-state index in [1.165, 1.54) is 0 Å². The van der Waals surface area contributed by atoms with E-state index in [1.807, 2.05) is 34.7 Å². The van der Waals surface area contributed by atoms with Gasteiger partial charge in [-0.2, -0.15) is 0 Å². The summed E-state index contributed by atoms with van der Waals surface area (Å²) < 4.78 is 0.829. The predicted octanol–water partition coefficient (Wildman–Crippen LogP) is 2.08. The largest absolute Gasteiger partial charge is 0.358 e. The molecule has 2 rings (SSSR count). The lowest BCUT2D eigenvalue weighted by atomic mass is 10.2. The molecule has 0 saturated carbocycles. The SMILES string of the molecule is O=[N+]([O-])c1[nH]nc2cccc(I)c12. The van der Waals surface area contributed by atoms with Crippen molar-refractivity contribution in [3.05, 3.63) is 31.9 Å². The van der Waals surface area contributed by atoms with E-state index in [-0.39, 0.29) is 5.82 Å². The Morgan fingerprint density at radius 1 is 1.54 bits per heavy atom. The lowest BCUT2D eigenvalue weighted by Gasteiger charge is -1.92. The van der Waals surface area contributed by atoms with Crippen LogP contribution in [0, 0.1) is 13.7 Å². The summed E-state index contributed by atoms with van der Waals surface area (Å²) in [5, 5.41) is 17.4. The highest BCUT2D eigenvalue weighted by Gasteiger charge is 2.16. The lowest BCUT2D eigenvalue weighted by molar-refractivity contribution is -0.387. The number of aromatic amines is 1. The maximum atomic E-state index is 10.6. The van der Waals surface area contributed by atoms with Gasteiger partial charge in [-0.1, -0.05) is 11.2 Å². The maximum Gasteiger partial charge on any atom is 0.351 e. The van der Waals surface area contributed by atoms with Crippen LogP contribution in [-0.2, 0) is 0 Å². The summed E-state index contributed by atoms with van der Waals surface area (Å²) in [6.45, 7) is 0. The van der Waals surface area contributed by atoms with Crippen molar-refractivity contribution in [1.82, 2.24) is 10.2 Å². The number of aromatic nitrogens is 2. The molecule has 0 spiro atoms. The van der Waals surface area contributed by atoms with Crippen molar-refractivity contribution in [2.24, 2.45) is 0 Å². The van der Waals surface area contributed by atoms with E-state index in [1.54, 1.807) is 6.07 Å². The van der Waals surface area contributed by atoms with Crippen LogP contribution < -0.4 is 0 Å². The third kappa shape index (κ3) is 1.26. The number of nitrogens with zero attached hydrogens (tertiary/aromatic N) is 2. The van der Waals surface area contributed by atoms with Crippen LogP contribution >= 0.6 is 22.6 Å². The molecule has 13 heavy (non-hydrogen) atoms. The molecule has 0 aliphatic heterocycles. The van der Waals surface area contributed by atoms with Gasteiger partial charge in [0.2, 0.25) is 0 Å². The molecule has 0 amide bonds. The highest BCUT2D eigenvalue weighted by Crippen LogP contribution is 2.26. The van der Waals surface area contributed by atoms with Crippen LogP contribution in [0.25, 0.3) is 10.9 Å². The average molecular weight is 289 g/mol. The minimum absolute atomic E-state index is 0.0417. The molecule has 66 valence electrons. The first kappa shape index (κ1) is 8.42. The predicted molar refractivity (Wildman–Crippen MR) is 55.5 cm³/mol. The number of benzene rings is 1. The van der Waals surface area contributed by atoms with E-state index in [0.717, 1.165) is 3.57 Å². The zero-order valence-corrected chi connectivity index (χ0v) is 8.48. The molecule has 1 N–H and O–H groups in total. The summed E-state index contributed by atoms with van der Waals surface area (Å²) in [6.07, 6.45) is 0. The van der Waals surface area contributed by atoms with E-state index in [0.29, 0.717) is 10.9 Å². The molecule has 0 bridgehead atoms. The van der Waals surface area contributed by atoms with Crippen molar-refractivity contribution in [2.75, 3.05) is 0 Å². The Hall–Kier alpha value is -1.18. The Kier molecular flexibility index (Phi) is 1.91. The van der Waals surface area contributed by atoms with Crippen molar-refractivity contribution in [3.8, 4) is 0 Å². The zero-order chi connectivity index (χ0) is 9.42. The molecule has 5 nitrogen and oxygen atoms in total. The third-order valence-electron chi connectivity index (χ3n) is 1.69. The van der Waals surface area contributed by atoms with E-state index >= 15 is 0 Å². The molecule has 0 radical (unpaired) electrons. The summed E-state index contributed by atoms with van der Waals surface area (Å²) >= 11 is 2.05. The standard InChI is InChI=1S/C7H4IN3O2/c8-4-2-1-3-5-6(4)7(10-9-5)11(12)13/h1-3H,(H,9,10). The monoisotopic (exact) mass is 289 g/mol. The molecule has 1 heterocycles. The number of nitrogens with one attached hydrogen (secondary N) is 1. The van der Waals surface area contributed by atoms with Crippen molar-refractivity contribution in [2.45, 2.75) is 0 Å². The molecule has 0 saturated heterocycles. The highest BCUT2D eigenvalue weighted by molar-refractivity contribution is 14.1. The minimum Gasteiger partial charge on any atom is -0.358 e. The Bertz CT molecular complexity index is 480. The van der Waals surface area contributed by atoms with Gasteiger partial charge < -0.3 is 10.1 Å². The first-order valence-corrected chi connectivity index (χ1v) is 4.55. The number of hydrogen-bond acceptors (Lipinski definition) is 3. The van der Waals surface area contributed by atoms with Gasteiger partial charge in [-0.25, -0.2) is 0 Å². The van der Waals surface area contributed by atoms with E-state index in [9.17, 15) is 10.1 Å². The topological polar surface area (TPSA) is 71.8 Å². The van der Waals surface area contributed by atoms with Crippen LogP contribution in [0.3, 0.4) is 0 Å². The van der Waals surface area contributed by atoms with Crippen molar-refractivity contribution < 1.29 is 4.92 Å². The first-order valence-electron chi connectivity index (χ1n) is 3.47. The molecule has 6 heteroatoms. The van der Waals surface area contributed by atoms with Gasteiger partial charge in [-0.05, 0) is 39.6 Å². The van der Waals surface area contributed by atoms with Gasteiger partial charge in [0.25, 0.3) is 0 Å². The molecule has 2 aromatic rings. The smallest absolute Gasteiger partial charge is 0.351 e. The molecular weight excluding hydrogens is 285 g/mol. The molecule has 1 aromatic heterocycles. The quantitative estimate of drug-likeness (QED) is 0.496. The van der Waals surface area contributed by atoms with Crippen molar-refractivity contribution >= 4 is 39.3 Å². The van der Waals surface area contributed by atoms with Gasteiger partial charge >= 0.3 is 5.82 Å². The van der Waals surface area contributed by atoms with Crippen LogP contribution in [0.5, 0.6) is 0 Å². The van der Waals surface area contributed by atoms with Gasteiger partial charge in [0, 0.05) is 3.57 Å². The summed E-state index contributed by atoms with van der Waals surface area (Å²) in [6, 6.07) is 5.36. The number of fused-ring (bicyclic) bond motifs is 1. The number of halogens is 1. The Morgan fingerprint density at radius 3 is 3.00 bits per heavy atom. The van der Waals surface area contributed by atoms with E-state index in [4.69, 9.17) is 0 Å². The van der Waals surface area contributed by atoms with Crippen molar-refractivity contribution in [1.29, 1.82) is 0 Å². The van der Waals surface area contributed by atoms with Gasteiger partial charge in [-0.15, -0.1) is 5.10 Å². The summed E-state index contributed by atoms with van der Waals surface area (Å²) in [5.74, 6) is -0.0417. The molecule has 0 unspecified atom stereocenters. The van der Waals surface area contributed by atoms with Crippen LogP contribution in [0.15, 0.2) is 18.2 Å². The molecule has 1 aromatic carbocycles. The first-order chi connectivity index (χ1) is 6.20. The summed E-state index contributed by atoms with van der Waals surface area (Å²) in [4.78, 5) is 10.1. The fourth-order valence-electron chi connectivity index (χ4n) is 1.14. The molecule has 0 aliphatic rings. The maximum absolute atomic E-state index is 10.6. The van der Waals surface area contributed by atoms with Crippen molar-refractivity contribution in [3.63, 3.8) is 0 Å². The van der Waals surface area contributed by atoms with Crippen LogP contribution in [0.1, 0.15) is 0 Å². The van der Waals surface area contributed by atoms with Crippen LogP contribution in [0.2, 0.25) is 0 Å². The van der Waals surface area contributed by atoms with Gasteiger partial charge in [0.15, 0.2) is 0 Å². The second kappa shape index (κ2) is 2.95. The Balaban J connectivity index is 2.86. The number of nitro groups is 1. The summed E-state index contributed by atoms with van der Waals surface area (Å²) in [5.41, 5.74) is 0.624. The zero-order valence-electron chi connectivity index (χ0n) is 6.32. The van der Waals surface area contributed by atoms with Crippen LogP contribution in [0.4, 0.5) is 5.82 Å². The lowest BCUT2D eigenvalue weighted by Crippen LogP contribution is -1.88. The third-order valence-corrected chi connectivity index (χ3v) is 2.59. The average Bonchev–Trinajstić information content (AvgIpc) is 2.49. The molecule has 0 aliphatic carbocycles. The Morgan fingerprint density at radius 2 is 2.31 bits per heavy atom. The van der Waals surface area contributed by atoms with E-state index in [2.05, 4.69) is 10.2 Å². The molecule has 0 atom stereocenters. The molecular formula is C7H4IN3O2. The van der Waals surface area contributed by atoms with Gasteiger partial charge in [0.1, 0.15) is 10.9 Å². The number of hydrogen-bond donors (Lipinski definition) is 1. The fourth-order valence-corrected chi connectivity index (χ4v) is 1.88. The van der Waals surface area contributed by atoms with E-state index < -0.39 is 4.92 Å². The normalized spacial score (nSPS) is 10.5. The number of H-pyrrole nitrogens is 1. The second-order valence-electron chi connectivity index (χ2n) is 2.46. The van der Waals surface area contributed by atoms with Crippen LogP contribution in [-0.4, -0.2) is 15.1 Å². The molecule has 0 fully saturated rings.